The quantitative estimate of drug-likeness (QED) is 0.570. The molecule has 4 N–H and O–H groups in total. The second kappa shape index (κ2) is 7.20. The van der Waals surface area contributed by atoms with Gasteiger partial charge >= 0.3 is 5.97 Å². The molecule has 0 aromatic heterocycles. The van der Waals surface area contributed by atoms with Crippen LogP contribution in [0.4, 0.5) is 0 Å². The Morgan fingerprint density at radius 1 is 1.07 bits per heavy atom. The van der Waals surface area contributed by atoms with Crippen molar-refractivity contribution in [1.82, 2.24) is 0 Å². The van der Waals surface area contributed by atoms with Gasteiger partial charge in [-0.05, 0) is 92.3 Å². The van der Waals surface area contributed by atoms with Crippen molar-refractivity contribution in [3.8, 4) is 0 Å². The topological polar surface area (TPSA) is 98.0 Å². The fourth-order valence-electron chi connectivity index (χ4n) is 8.69. The van der Waals surface area contributed by atoms with Crippen LogP contribution in [-0.4, -0.2) is 44.2 Å². The smallest absolute Gasteiger partial charge is 0.303 e. The maximum atomic E-state index is 12.1. The zero-order valence-electron chi connectivity index (χ0n) is 18.3. The molecule has 0 aromatic carbocycles. The summed E-state index contributed by atoms with van der Waals surface area (Å²) in [5, 5.41) is 42.7. The maximum absolute atomic E-state index is 12.1. The normalized spacial score (nSPS) is 52.9. The second-order valence-corrected chi connectivity index (χ2v) is 11.5. The van der Waals surface area contributed by atoms with E-state index in [1.54, 1.807) is 0 Å². The van der Waals surface area contributed by atoms with E-state index >= 15 is 0 Å². The number of aliphatic hydroxyl groups excluding tert-OH is 2. The number of hydrogen-bond donors (Lipinski definition) is 4. The zero-order valence-corrected chi connectivity index (χ0v) is 18.3. The summed E-state index contributed by atoms with van der Waals surface area (Å²) >= 11 is 0. The number of carboxylic acids is 1. The van der Waals surface area contributed by atoms with Crippen molar-refractivity contribution in [3.05, 3.63) is 0 Å². The number of aliphatic hydroxyl groups is 3. The van der Waals surface area contributed by atoms with Crippen LogP contribution in [0.1, 0.15) is 85.0 Å². The molecule has 4 fully saturated rings. The molecule has 4 rings (SSSR count). The van der Waals surface area contributed by atoms with Gasteiger partial charge in [0.1, 0.15) is 0 Å². The van der Waals surface area contributed by atoms with Crippen molar-refractivity contribution >= 4 is 5.97 Å². The van der Waals surface area contributed by atoms with Crippen molar-refractivity contribution in [2.75, 3.05) is 0 Å². The van der Waals surface area contributed by atoms with Gasteiger partial charge in [0.15, 0.2) is 0 Å². The molecular weight excluding hydrogens is 368 g/mol. The van der Waals surface area contributed by atoms with E-state index in [9.17, 15) is 20.1 Å². The fraction of sp³-hybridized carbons (Fsp3) is 0.958. The van der Waals surface area contributed by atoms with Crippen LogP contribution in [0.25, 0.3) is 0 Å². The first-order valence-electron chi connectivity index (χ1n) is 11.8. The standard InChI is InChI=1S/C24H40O5/c1-14(4-7-20(27)28)17-5-6-18-21-19(26)13-15-12-16(25)8-9-23(15,3)24(21,29)11-10-22(17,18)2/h14-19,21,25-26,29H,4-13H2,1-3H3,(H,27,28)/t14-,15+,16-,17-,18+,19-,21-,22-,23+,24-/m1/s1. The third-order valence-corrected chi connectivity index (χ3v) is 10.4. The van der Waals surface area contributed by atoms with Gasteiger partial charge in [-0.2, -0.15) is 0 Å². The summed E-state index contributed by atoms with van der Waals surface area (Å²) in [6.07, 6.45) is 6.82. The molecular formula is C24H40O5. The van der Waals surface area contributed by atoms with Crippen LogP contribution in [0.5, 0.6) is 0 Å². The molecule has 4 aliphatic rings. The summed E-state index contributed by atoms with van der Waals surface area (Å²) in [6.45, 7) is 6.75. The lowest BCUT2D eigenvalue weighted by atomic mass is 9.41. The van der Waals surface area contributed by atoms with Crippen molar-refractivity contribution in [2.24, 2.45) is 40.4 Å². The first-order chi connectivity index (χ1) is 13.5. The van der Waals surface area contributed by atoms with Gasteiger partial charge in [0.25, 0.3) is 0 Å². The van der Waals surface area contributed by atoms with Crippen LogP contribution >= 0.6 is 0 Å². The van der Waals surface area contributed by atoms with Crippen molar-refractivity contribution < 1.29 is 25.2 Å². The molecule has 0 spiro atoms. The van der Waals surface area contributed by atoms with Crippen LogP contribution < -0.4 is 0 Å². The Labute approximate surface area is 174 Å². The fourth-order valence-corrected chi connectivity index (χ4v) is 8.69. The number of hydrogen-bond acceptors (Lipinski definition) is 4. The Morgan fingerprint density at radius 2 is 1.79 bits per heavy atom. The summed E-state index contributed by atoms with van der Waals surface area (Å²) in [6, 6.07) is 0. The number of aliphatic carboxylic acids is 1. The van der Waals surface area contributed by atoms with E-state index in [1.165, 1.54) is 0 Å². The first-order valence-corrected chi connectivity index (χ1v) is 11.8. The van der Waals surface area contributed by atoms with Gasteiger partial charge in [0, 0.05) is 12.3 Å². The molecule has 0 heterocycles. The molecule has 0 aliphatic heterocycles. The molecule has 166 valence electrons. The van der Waals surface area contributed by atoms with Gasteiger partial charge in [-0.15, -0.1) is 0 Å². The van der Waals surface area contributed by atoms with E-state index in [-0.39, 0.29) is 41.1 Å². The number of fused-ring (bicyclic) bond motifs is 5. The molecule has 0 unspecified atom stereocenters. The SMILES string of the molecule is C[C@H](CCC(=O)O)[C@H]1CC[C@H]2[C@@H]3[C@H](O)C[C@@H]4C[C@H](O)CC[C@]4(C)[C@@]3(O)CC[C@]12C. The minimum Gasteiger partial charge on any atom is -0.481 e. The van der Waals surface area contributed by atoms with Crippen LogP contribution in [0.3, 0.4) is 0 Å². The summed E-state index contributed by atoms with van der Waals surface area (Å²) in [4.78, 5) is 11.1. The molecule has 0 saturated heterocycles. The molecule has 4 aliphatic carbocycles. The average Bonchev–Trinajstić information content (AvgIpc) is 2.99. The van der Waals surface area contributed by atoms with Gasteiger partial charge in [-0.3, -0.25) is 4.79 Å². The van der Waals surface area contributed by atoms with E-state index in [1.807, 2.05) is 0 Å². The molecule has 0 radical (unpaired) electrons. The minimum absolute atomic E-state index is 0.0627. The van der Waals surface area contributed by atoms with E-state index in [0.29, 0.717) is 37.5 Å². The van der Waals surface area contributed by atoms with Crippen molar-refractivity contribution in [2.45, 2.75) is 103 Å². The second-order valence-electron chi connectivity index (χ2n) is 11.5. The first kappa shape index (κ1) is 21.6. The van der Waals surface area contributed by atoms with Crippen LogP contribution in [0.15, 0.2) is 0 Å². The molecule has 0 aromatic rings. The molecule has 5 nitrogen and oxygen atoms in total. The average molecular weight is 409 g/mol. The van der Waals surface area contributed by atoms with Gasteiger partial charge < -0.3 is 20.4 Å². The van der Waals surface area contributed by atoms with E-state index in [0.717, 1.165) is 32.1 Å². The predicted octanol–water partition coefficient (Wildman–Crippen LogP) is 3.59. The van der Waals surface area contributed by atoms with E-state index < -0.39 is 17.7 Å². The summed E-state index contributed by atoms with van der Waals surface area (Å²) < 4.78 is 0. The molecule has 0 amide bonds. The Hall–Kier alpha value is -0.650. The number of carbonyl (C=O) groups is 1. The Bertz CT molecular complexity index is 651. The lowest BCUT2D eigenvalue weighted by Crippen LogP contribution is -2.69. The highest BCUT2D eigenvalue weighted by Gasteiger charge is 2.69. The summed E-state index contributed by atoms with van der Waals surface area (Å²) in [5.74, 6) is 0.449. The highest BCUT2D eigenvalue weighted by atomic mass is 16.4. The highest BCUT2D eigenvalue weighted by molar-refractivity contribution is 5.66. The predicted molar refractivity (Wildman–Crippen MR) is 110 cm³/mol. The molecule has 10 atom stereocenters. The lowest BCUT2D eigenvalue weighted by molar-refractivity contribution is -0.269. The summed E-state index contributed by atoms with van der Waals surface area (Å²) in [5.41, 5.74) is -1.03. The molecule has 4 saturated carbocycles. The number of rotatable bonds is 4. The lowest BCUT2D eigenvalue weighted by Gasteiger charge is -2.66. The minimum atomic E-state index is -0.862. The monoisotopic (exact) mass is 408 g/mol. The van der Waals surface area contributed by atoms with Crippen LogP contribution in [0.2, 0.25) is 0 Å². The van der Waals surface area contributed by atoms with Crippen molar-refractivity contribution in [3.63, 3.8) is 0 Å². The van der Waals surface area contributed by atoms with Gasteiger partial charge in [-0.1, -0.05) is 20.8 Å². The summed E-state index contributed by atoms with van der Waals surface area (Å²) in [7, 11) is 0. The molecule has 0 bridgehead atoms. The van der Waals surface area contributed by atoms with Gasteiger partial charge in [0.05, 0.1) is 17.8 Å². The Kier molecular flexibility index (Phi) is 5.36. The van der Waals surface area contributed by atoms with Crippen LogP contribution in [-0.2, 0) is 4.79 Å². The Balaban J connectivity index is 1.61. The zero-order chi connectivity index (χ0) is 21.2. The largest absolute Gasteiger partial charge is 0.481 e. The van der Waals surface area contributed by atoms with E-state index in [4.69, 9.17) is 5.11 Å². The van der Waals surface area contributed by atoms with E-state index in [2.05, 4.69) is 20.8 Å². The van der Waals surface area contributed by atoms with Crippen molar-refractivity contribution in [1.29, 1.82) is 0 Å². The van der Waals surface area contributed by atoms with Crippen LogP contribution in [0, 0.1) is 40.4 Å². The Morgan fingerprint density at radius 3 is 2.48 bits per heavy atom. The third-order valence-electron chi connectivity index (χ3n) is 10.4. The molecule has 29 heavy (non-hydrogen) atoms. The highest BCUT2D eigenvalue weighted by Crippen LogP contribution is 2.69. The van der Waals surface area contributed by atoms with Gasteiger partial charge in [-0.25, -0.2) is 0 Å². The maximum Gasteiger partial charge on any atom is 0.303 e. The number of carboxylic acid groups (broad SMARTS) is 1. The van der Waals surface area contributed by atoms with Gasteiger partial charge in [0.2, 0.25) is 0 Å². The molecule has 5 heteroatoms. The third kappa shape index (κ3) is 3.10.